The van der Waals surface area contributed by atoms with Gasteiger partial charge in [0, 0.05) is 56.9 Å². The smallest absolute Gasteiger partial charge is 0.328 e. The van der Waals surface area contributed by atoms with Crippen molar-refractivity contribution in [3.05, 3.63) is 78.1 Å². The highest BCUT2D eigenvalue weighted by atomic mass is 32.2. The number of aliphatic carboxylic acids is 2. The summed E-state index contributed by atoms with van der Waals surface area (Å²) < 4.78 is 0. The minimum absolute atomic E-state index is 0.0650. The summed E-state index contributed by atoms with van der Waals surface area (Å²) in [5.74, 6) is -1.89. The first-order valence-electron chi connectivity index (χ1n) is 11.0. The van der Waals surface area contributed by atoms with Crippen molar-refractivity contribution in [3.63, 3.8) is 0 Å². The van der Waals surface area contributed by atoms with E-state index in [1.54, 1.807) is 24.2 Å². The molecule has 2 amide bonds. The number of carbonyl (C=O) groups is 4. The van der Waals surface area contributed by atoms with E-state index in [0.717, 1.165) is 19.3 Å². The van der Waals surface area contributed by atoms with Gasteiger partial charge in [-0.15, -0.1) is 0 Å². The van der Waals surface area contributed by atoms with Crippen LogP contribution in [0, 0.1) is 0 Å². The van der Waals surface area contributed by atoms with Crippen LogP contribution >= 0.6 is 11.8 Å². The van der Waals surface area contributed by atoms with Gasteiger partial charge in [0.15, 0.2) is 5.12 Å². The van der Waals surface area contributed by atoms with Crippen LogP contribution in [-0.4, -0.2) is 68.6 Å². The maximum atomic E-state index is 12.6. The molecule has 1 heterocycles. The lowest BCUT2D eigenvalue weighted by atomic mass is 10.1. The molecular weight excluding hydrogens is 470 g/mol. The Morgan fingerprint density at radius 2 is 1.51 bits per heavy atom. The number of thioether (sulfide) groups is 1. The fraction of sp³-hybridized carbons (Fsp3) is 0.320. The van der Waals surface area contributed by atoms with Crippen LogP contribution in [0.15, 0.2) is 67.0 Å². The summed E-state index contributed by atoms with van der Waals surface area (Å²) >= 11 is 1.26. The minimum atomic E-state index is -1.26. The SMILES string of the molecule is CC(=O)SCCN(CCc1ccccc1)C(=O)NCCCc1ccncc1.O=C(O)C=CC(=O)O. The van der Waals surface area contributed by atoms with Crippen LogP contribution in [0.2, 0.25) is 0 Å². The number of nitrogens with one attached hydrogen (secondary N) is 1. The molecule has 0 aliphatic rings. The average Bonchev–Trinajstić information content (AvgIpc) is 2.84. The van der Waals surface area contributed by atoms with Gasteiger partial charge >= 0.3 is 18.0 Å². The molecule has 2 aromatic rings. The number of hydrogen-bond donors (Lipinski definition) is 3. The van der Waals surface area contributed by atoms with Gasteiger partial charge in [-0.05, 0) is 42.5 Å². The van der Waals surface area contributed by atoms with E-state index in [4.69, 9.17) is 10.2 Å². The number of amides is 2. The number of rotatable bonds is 12. The van der Waals surface area contributed by atoms with Crippen LogP contribution in [0.1, 0.15) is 24.5 Å². The number of urea groups is 1. The molecule has 0 atom stereocenters. The van der Waals surface area contributed by atoms with Gasteiger partial charge < -0.3 is 20.4 Å². The minimum Gasteiger partial charge on any atom is -0.478 e. The molecule has 0 unspecified atom stereocenters. The van der Waals surface area contributed by atoms with Crippen LogP contribution in [0.5, 0.6) is 0 Å². The number of benzene rings is 1. The van der Waals surface area contributed by atoms with E-state index in [2.05, 4.69) is 22.4 Å². The Hall–Kier alpha value is -3.66. The zero-order valence-electron chi connectivity index (χ0n) is 19.6. The molecule has 1 aromatic heterocycles. The van der Waals surface area contributed by atoms with E-state index >= 15 is 0 Å². The van der Waals surface area contributed by atoms with Crippen LogP contribution in [0.25, 0.3) is 0 Å². The molecule has 0 bridgehead atoms. The van der Waals surface area contributed by atoms with Crippen molar-refractivity contribution in [1.82, 2.24) is 15.2 Å². The molecule has 35 heavy (non-hydrogen) atoms. The monoisotopic (exact) mass is 501 g/mol. The Labute approximate surface area is 209 Å². The quantitative estimate of drug-likeness (QED) is 0.298. The molecule has 0 aliphatic carbocycles. The topological polar surface area (TPSA) is 137 Å². The lowest BCUT2D eigenvalue weighted by molar-refractivity contribution is -0.134. The number of pyridine rings is 1. The van der Waals surface area contributed by atoms with Crippen molar-refractivity contribution in [2.75, 3.05) is 25.4 Å². The van der Waals surface area contributed by atoms with Crippen molar-refractivity contribution in [2.24, 2.45) is 0 Å². The third-order valence-electron chi connectivity index (χ3n) is 4.50. The molecule has 2 rings (SSSR count). The highest BCUT2D eigenvalue weighted by Gasteiger charge is 2.13. The Morgan fingerprint density at radius 3 is 2.09 bits per heavy atom. The summed E-state index contributed by atoms with van der Waals surface area (Å²) in [5, 5.41) is 18.7. The first-order valence-corrected chi connectivity index (χ1v) is 12.0. The number of nitrogens with zero attached hydrogens (tertiary/aromatic N) is 2. The molecule has 1 aromatic carbocycles. The van der Waals surface area contributed by atoms with E-state index in [1.165, 1.54) is 22.9 Å². The van der Waals surface area contributed by atoms with Gasteiger partial charge in [-0.25, -0.2) is 14.4 Å². The highest BCUT2D eigenvalue weighted by Crippen LogP contribution is 2.06. The molecule has 10 heteroatoms. The normalized spacial score (nSPS) is 10.2. The second-order valence-electron chi connectivity index (χ2n) is 7.26. The summed E-state index contributed by atoms with van der Waals surface area (Å²) in [7, 11) is 0. The lowest BCUT2D eigenvalue weighted by Crippen LogP contribution is -2.42. The fourth-order valence-corrected chi connectivity index (χ4v) is 3.41. The molecule has 0 radical (unpaired) electrons. The van der Waals surface area contributed by atoms with E-state index in [1.807, 2.05) is 30.3 Å². The summed E-state index contributed by atoms with van der Waals surface area (Å²) in [6.45, 7) is 3.38. The zero-order valence-corrected chi connectivity index (χ0v) is 20.4. The molecule has 188 valence electrons. The molecule has 0 fully saturated rings. The van der Waals surface area contributed by atoms with Crippen molar-refractivity contribution in [1.29, 1.82) is 0 Å². The molecule has 0 aliphatic heterocycles. The Morgan fingerprint density at radius 1 is 0.914 bits per heavy atom. The third kappa shape index (κ3) is 15.7. The fourth-order valence-electron chi connectivity index (χ4n) is 2.81. The Bertz CT molecular complexity index is 938. The van der Waals surface area contributed by atoms with Crippen molar-refractivity contribution in [3.8, 4) is 0 Å². The van der Waals surface area contributed by atoms with Crippen LogP contribution < -0.4 is 5.32 Å². The van der Waals surface area contributed by atoms with Crippen LogP contribution in [-0.2, 0) is 27.2 Å². The van der Waals surface area contributed by atoms with Gasteiger partial charge in [0.05, 0.1) is 0 Å². The van der Waals surface area contributed by atoms with Crippen molar-refractivity contribution >= 4 is 34.8 Å². The number of carboxylic acids is 2. The average molecular weight is 502 g/mol. The summed E-state index contributed by atoms with van der Waals surface area (Å²) in [4.78, 5) is 48.6. The maximum absolute atomic E-state index is 12.6. The van der Waals surface area contributed by atoms with E-state index in [9.17, 15) is 19.2 Å². The third-order valence-corrected chi connectivity index (χ3v) is 5.30. The Kier molecular flexibility index (Phi) is 14.9. The van der Waals surface area contributed by atoms with Gasteiger partial charge in [-0.3, -0.25) is 9.78 Å². The first-order chi connectivity index (χ1) is 16.8. The second kappa shape index (κ2) is 17.8. The molecule has 0 spiro atoms. The molecular formula is C25H31N3O6S. The van der Waals surface area contributed by atoms with Crippen molar-refractivity contribution < 1.29 is 29.4 Å². The predicted molar refractivity (Wildman–Crippen MR) is 135 cm³/mol. The summed E-state index contributed by atoms with van der Waals surface area (Å²) in [6, 6.07) is 14.0. The number of aryl methyl sites for hydroxylation is 1. The number of carboxylic acid groups (broad SMARTS) is 2. The van der Waals surface area contributed by atoms with E-state index in [-0.39, 0.29) is 11.1 Å². The van der Waals surface area contributed by atoms with E-state index in [0.29, 0.717) is 37.5 Å². The zero-order chi connectivity index (χ0) is 25.9. The van der Waals surface area contributed by atoms with Gasteiger partial charge in [-0.2, -0.15) is 0 Å². The standard InChI is InChI=1S/C21H27N3O2S.C4H4O4/c1-18(25)27-17-16-24(15-11-19-6-3-2-4-7-19)21(26)23-12-5-8-20-9-13-22-14-10-20;5-3(6)1-2-4(7)8/h2-4,6-7,9-10,13-14H,5,8,11-12,15-17H2,1H3,(H,23,26);1-2H,(H,5,6)(H,7,8). The lowest BCUT2D eigenvalue weighted by Gasteiger charge is -2.23. The summed E-state index contributed by atoms with van der Waals surface area (Å²) in [6.07, 6.45) is 7.27. The maximum Gasteiger partial charge on any atom is 0.328 e. The predicted octanol–water partition coefficient (Wildman–Crippen LogP) is 3.26. The number of hydrogen-bond acceptors (Lipinski definition) is 6. The molecule has 9 nitrogen and oxygen atoms in total. The molecule has 0 saturated heterocycles. The van der Waals surface area contributed by atoms with Gasteiger partial charge in [0.25, 0.3) is 0 Å². The Balaban J connectivity index is 0.000000658. The van der Waals surface area contributed by atoms with Crippen LogP contribution in [0.3, 0.4) is 0 Å². The van der Waals surface area contributed by atoms with Crippen LogP contribution in [0.4, 0.5) is 4.79 Å². The highest BCUT2D eigenvalue weighted by molar-refractivity contribution is 8.13. The second-order valence-corrected chi connectivity index (χ2v) is 8.54. The molecule has 3 N–H and O–H groups in total. The number of aromatic nitrogens is 1. The largest absolute Gasteiger partial charge is 0.478 e. The molecule has 0 saturated carbocycles. The van der Waals surface area contributed by atoms with Crippen molar-refractivity contribution in [2.45, 2.75) is 26.2 Å². The van der Waals surface area contributed by atoms with Gasteiger partial charge in [0.2, 0.25) is 0 Å². The van der Waals surface area contributed by atoms with Gasteiger partial charge in [0.1, 0.15) is 0 Å². The van der Waals surface area contributed by atoms with Gasteiger partial charge in [-0.1, -0.05) is 42.1 Å². The first kappa shape index (κ1) is 29.4. The number of carbonyl (C=O) groups excluding carboxylic acids is 2. The summed E-state index contributed by atoms with van der Waals surface area (Å²) in [5.41, 5.74) is 2.42. The van der Waals surface area contributed by atoms with E-state index < -0.39 is 11.9 Å².